The quantitative estimate of drug-likeness (QED) is 0.923. The minimum Gasteiger partial charge on any atom is -0.483 e. The molecule has 2 rings (SSSR count). The van der Waals surface area contributed by atoms with Gasteiger partial charge in [-0.3, -0.25) is 9.59 Å². The highest BCUT2D eigenvalue weighted by Crippen LogP contribution is 2.20. The smallest absolute Gasteiger partial charge is 0.260 e. The number of carbonyl (C=O) groups is 2. The van der Waals surface area contributed by atoms with E-state index in [1.807, 2.05) is 36.9 Å². The second kappa shape index (κ2) is 7.29. The standard InChI is InChI=1S/C17H24N2O3/c1-12-5-4-6-16(13(12)2)22-11-17(21)19-9-7-15(8-10-19)18-14(3)20/h4-6,15H,7-11H2,1-3H3,(H,18,20). The molecule has 22 heavy (non-hydrogen) atoms. The third-order valence-corrected chi connectivity index (χ3v) is 4.16. The molecule has 0 spiro atoms. The molecule has 1 fully saturated rings. The fourth-order valence-corrected chi connectivity index (χ4v) is 2.67. The summed E-state index contributed by atoms with van der Waals surface area (Å²) in [5.74, 6) is 0.756. The number of piperidine rings is 1. The maximum Gasteiger partial charge on any atom is 0.260 e. The second-order valence-corrected chi connectivity index (χ2v) is 5.84. The summed E-state index contributed by atoms with van der Waals surface area (Å²) in [6.45, 7) is 6.94. The lowest BCUT2D eigenvalue weighted by Gasteiger charge is -2.32. The van der Waals surface area contributed by atoms with Crippen LogP contribution in [0.15, 0.2) is 18.2 Å². The van der Waals surface area contributed by atoms with Crippen molar-refractivity contribution in [1.82, 2.24) is 10.2 Å². The minimum absolute atomic E-state index is 0.00202. The second-order valence-electron chi connectivity index (χ2n) is 5.84. The molecule has 1 N–H and O–H groups in total. The highest BCUT2D eigenvalue weighted by molar-refractivity contribution is 5.78. The number of rotatable bonds is 4. The van der Waals surface area contributed by atoms with E-state index < -0.39 is 0 Å². The van der Waals surface area contributed by atoms with E-state index in [0.717, 1.165) is 29.7 Å². The van der Waals surface area contributed by atoms with Gasteiger partial charge >= 0.3 is 0 Å². The molecule has 120 valence electrons. The first-order chi connectivity index (χ1) is 10.5. The summed E-state index contributed by atoms with van der Waals surface area (Å²) in [4.78, 5) is 25.1. The minimum atomic E-state index is -0.0111. The molecule has 1 aromatic carbocycles. The van der Waals surface area contributed by atoms with Gasteiger partial charge in [0, 0.05) is 26.1 Å². The first-order valence-corrected chi connectivity index (χ1v) is 7.71. The normalized spacial score (nSPS) is 15.5. The molecule has 0 atom stereocenters. The summed E-state index contributed by atoms with van der Waals surface area (Å²) in [6, 6.07) is 6.03. The Bertz CT molecular complexity index is 549. The molecule has 0 unspecified atom stereocenters. The Balaban J connectivity index is 1.81. The van der Waals surface area contributed by atoms with Gasteiger partial charge in [-0.1, -0.05) is 12.1 Å². The Morgan fingerprint density at radius 2 is 1.95 bits per heavy atom. The number of carbonyl (C=O) groups excluding carboxylic acids is 2. The molecule has 0 aliphatic carbocycles. The lowest BCUT2D eigenvalue weighted by atomic mass is 10.1. The molecular weight excluding hydrogens is 280 g/mol. The molecule has 1 saturated heterocycles. The number of likely N-dealkylation sites (tertiary alicyclic amines) is 1. The molecule has 5 nitrogen and oxygen atoms in total. The van der Waals surface area contributed by atoms with Crippen molar-refractivity contribution in [3.63, 3.8) is 0 Å². The zero-order chi connectivity index (χ0) is 16.1. The van der Waals surface area contributed by atoms with Crippen LogP contribution >= 0.6 is 0 Å². The summed E-state index contributed by atoms with van der Waals surface area (Å²) in [7, 11) is 0. The maximum absolute atomic E-state index is 12.2. The SMILES string of the molecule is CC(=O)NC1CCN(C(=O)COc2cccc(C)c2C)CC1. The van der Waals surface area contributed by atoms with E-state index >= 15 is 0 Å². The van der Waals surface area contributed by atoms with Crippen molar-refractivity contribution in [2.24, 2.45) is 0 Å². The molecule has 2 amide bonds. The van der Waals surface area contributed by atoms with Gasteiger partial charge in [0.1, 0.15) is 5.75 Å². The average molecular weight is 304 g/mol. The highest BCUT2D eigenvalue weighted by atomic mass is 16.5. The molecule has 0 saturated carbocycles. The van der Waals surface area contributed by atoms with Gasteiger partial charge < -0.3 is 15.0 Å². The maximum atomic E-state index is 12.2. The lowest BCUT2D eigenvalue weighted by molar-refractivity contribution is -0.134. The predicted octanol–water partition coefficient (Wildman–Crippen LogP) is 1.81. The van der Waals surface area contributed by atoms with Gasteiger partial charge in [-0.15, -0.1) is 0 Å². The highest BCUT2D eigenvalue weighted by Gasteiger charge is 2.23. The summed E-state index contributed by atoms with van der Waals surface area (Å²) in [6.07, 6.45) is 1.60. The molecule has 1 aromatic rings. The van der Waals surface area contributed by atoms with Crippen molar-refractivity contribution in [1.29, 1.82) is 0 Å². The fourth-order valence-electron chi connectivity index (χ4n) is 2.67. The summed E-state index contributed by atoms with van der Waals surface area (Å²) in [5.41, 5.74) is 2.22. The number of nitrogens with one attached hydrogen (secondary N) is 1. The van der Waals surface area contributed by atoms with Crippen molar-refractivity contribution in [3.8, 4) is 5.75 Å². The third kappa shape index (κ3) is 4.23. The van der Waals surface area contributed by atoms with Gasteiger partial charge in [0.25, 0.3) is 5.91 Å². The van der Waals surface area contributed by atoms with Crippen molar-refractivity contribution in [2.75, 3.05) is 19.7 Å². The first-order valence-electron chi connectivity index (χ1n) is 7.71. The Morgan fingerprint density at radius 3 is 2.59 bits per heavy atom. The van der Waals surface area contributed by atoms with Gasteiger partial charge in [-0.25, -0.2) is 0 Å². The largest absolute Gasteiger partial charge is 0.483 e. The van der Waals surface area contributed by atoms with Crippen LogP contribution in [0, 0.1) is 13.8 Å². The van der Waals surface area contributed by atoms with Crippen LogP contribution in [0.5, 0.6) is 5.75 Å². The van der Waals surface area contributed by atoms with Crippen LogP contribution in [0.25, 0.3) is 0 Å². The van der Waals surface area contributed by atoms with E-state index in [4.69, 9.17) is 4.74 Å². The predicted molar refractivity (Wildman–Crippen MR) is 84.8 cm³/mol. The molecule has 1 heterocycles. The van der Waals surface area contributed by atoms with Crippen molar-refractivity contribution in [2.45, 2.75) is 39.7 Å². The van der Waals surface area contributed by atoms with E-state index in [-0.39, 0.29) is 24.5 Å². The van der Waals surface area contributed by atoms with Crippen LogP contribution in [-0.2, 0) is 9.59 Å². The molecular formula is C17H24N2O3. The number of ether oxygens (including phenoxy) is 1. The van der Waals surface area contributed by atoms with Crippen LogP contribution in [0.2, 0.25) is 0 Å². The van der Waals surface area contributed by atoms with E-state index in [1.54, 1.807) is 0 Å². The Morgan fingerprint density at radius 1 is 1.27 bits per heavy atom. The topological polar surface area (TPSA) is 58.6 Å². The van der Waals surface area contributed by atoms with E-state index in [1.165, 1.54) is 6.92 Å². The monoisotopic (exact) mass is 304 g/mol. The zero-order valence-electron chi connectivity index (χ0n) is 13.5. The van der Waals surface area contributed by atoms with Crippen molar-refractivity contribution in [3.05, 3.63) is 29.3 Å². The number of hydrogen-bond donors (Lipinski definition) is 1. The third-order valence-electron chi connectivity index (χ3n) is 4.16. The van der Waals surface area contributed by atoms with Crippen molar-refractivity contribution >= 4 is 11.8 Å². The average Bonchev–Trinajstić information content (AvgIpc) is 2.48. The van der Waals surface area contributed by atoms with Crippen LogP contribution in [-0.4, -0.2) is 42.5 Å². The lowest BCUT2D eigenvalue weighted by Crippen LogP contribution is -2.47. The summed E-state index contributed by atoms with van der Waals surface area (Å²) < 4.78 is 5.66. The van der Waals surface area contributed by atoms with Gasteiger partial charge in [0.15, 0.2) is 6.61 Å². The first kappa shape index (κ1) is 16.3. The molecule has 0 bridgehead atoms. The molecule has 0 radical (unpaired) electrons. The number of benzene rings is 1. The Hall–Kier alpha value is -2.04. The molecule has 1 aliphatic rings. The molecule has 5 heteroatoms. The number of nitrogens with zero attached hydrogens (tertiary/aromatic N) is 1. The van der Waals surface area contributed by atoms with E-state index in [9.17, 15) is 9.59 Å². The summed E-state index contributed by atoms with van der Waals surface area (Å²) in [5, 5.41) is 2.90. The fraction of sp³-hybridized carbons (Fsp3) is 0.529. The van der Waals surface area contributed by atoms with Crippen LogP contribution in [0.4, 0.5) is 0 Å². The van der Waals surface area contributed by atoms with E-state index in [2.05, 4.69) is 5.32 Å². The van der Waals surface area contributed by atoms with Crippen molar-refractivity contribution < 1.29 is 14.3 Å². The Kier molecular flexibility index (Phi) is 5.41. The van der Waals surface area contributed by atoms with Crippen LogP contribution < -0.4 is 10.1 Å². The molecule has 1 aliphatic heterocycles. The summed E-state index contributed by atoms with van der Waals surface area (Å²) >= 11 is 0. The van der Waals surface area contributed by atoms with E-state index in [0.29, 0.717) is 13.1 Å². The van der Waals surface area contributed by atoms with Gasteiger partial charge in [-0.2, -0.15) is 0 Å². The van der Waals surface area contributed by atoms with Gasteiger partial charge in [0.2, 0.25) is 5.91 Å². The van der Waals surface area contributed by atoms with Gasteiger partial charge in [-0.05, 0) is 43.9 Å². The number of hydrogen-bond acceptors (Lipinski definition) is 3. The number of amides is 2. The Labute approximate surface area is 131 Å². The number of aryl methyl sites for hydroxylation is 1. The van der Waals surface area contributed by atoms with Crippen LogP contribution in [0.3, 0.4) is 0 Å². The van der Waals surface area contributed by atoms with Crippen LogP contribution in [0.1, 0.15) is 30.9 Å². The zero-order valence-corrected chi connectivity index (χ0v) is 13.5. The molecule has 0 aromatic heterocycles. The van der Waals surface area contributed by atoms with Gasteiger partial charge in [0.05, 0.1) is 0 Å².